The predicted molar refractivity (Wildman–Crippen MR) is 96.5 cm³/mol. The fourth-order valence-corrected chi connectivity index (χ4v) is 3.84. The molecule has 0 amide bonds. The number of nitrogens with one attached hydrogen (secondary N) is 1. The molecule has 0 fully saturated rings. The van der Waals surface area contributed by atoms with E-state index in [9.17, 15) is 8.42 Å². The van der Waals surface area contributed by atoms with Gasteiger partial charge in [0.1, 0.15) is 0 Å². The molecule has 0 aliphatic rings. The quantitative estimate of drug-likeness (QED) is 0.740. The van der Waals surface area contributed by atoms with Crippen LogP contribution in [0.1, 0.15) is 26.7 Å². The van der Waals surface area contributed by atoms with Gasteiger partial charge in [0, 0.05) is 18.8 Å². The molecule has 4 nitrogen and oxygen atoms in total. The molecule has 0 bridgehead atoms. The molecule has 0 aliphatic carbocycles. The van der Waals surface area contributed by atoms with E-state index in [0.717, 1.165) is 25.1 Å². The average Bonchev–Trinajstić information content (AvgIpc) is 2.57. The number of rotatable bonds is 8. The van der Waals surface area contributed by atoms with Gasteiger partial charge in [-0.1, -0.05) is 31.5 Å². The van der Waals surface area contributed by atoms with Gasteiger partial charge in [-0.2, -0.15) is 0 Å². The van der Waals surface area contributed by atoms with E-state index in [4.69, 9.17) is 0 Å². The lowest BCUT2D eigenvalue weighted by Gasteiger charge is -2.23. The maximum atomic E-state index is 12.8. The monoisotopic (exact) mass is 332 g/mol. The summed E-state index contributed by atoms with van der Waals surface area (Å²) >= 11 is 0. The van der Waals surface area contributed by atoms with E-state index in [1.54, 1.807) is 12.1 Å². The van der Waals surface area contributed by atoms with E-state index in [-0.39, 0.29) is 0 Å². The van der Waals surface area contributed by atoms with Gasteiger partial charge < -0.3 is 5.32 Å². The molecule has 0 atom stereocenters. The Morgan fingerprint density at radius 3 is 2.17 bits per heavy atom. The second kappa shape index (κ2) is 8.02. The molecule has 0 heterocycles. The first-order valence-corrected chi connectivity index (χ1v) is 9.45. The van der Waals surface area contributed by atoms with Crippen molar-refractivity contribution in [2.45, 2.75) is 31.6 Å². The lowest BCUT2D eigenvalue weighted by Crippen LogP contribution is -2.30. The van der Waals surface area contributed by atoms with Crippen molar-refractivity contribution >= 4 is 21.4 Å². The minimum atomic E-state index is -3.54. The number of hydrogen-bond donors (Lipinski definition) is 1. The summed E-state index contributed by atoms with van der Waals surface area (Å²) in [4.78, 5) is 0.309. The third-order valence-electron chi connectivity index (χ3n) is 3.63. The first-order chi connectivity index (χ1) is 11.1. The van der Waals surface area contributed by atoms with E-state index in [1.165, 1.54) is 4.31 Å². The zero-order chi connectivity index (χ0) is 16.7. The zero-order valence-electron chi connectivity index (χ0n) is 13.7. The predicted octanol–water partition coefficient (Wildman–Crippen LogP) is 4.11. The Hall–Kier alpha value is -2.01. The summed E-state index contributed by atoms with van der Waals surface area (Å²) in [6.45, 7) is 5.27. The number of nitrogens with zero attached hydrogens (tertiary/aromatic N) is 1. The molecule has 124 valence electrons. The summed E-state index contributed by atoms with van der Waals surface area (Å²) in [5.41, 5.74) is 1.63. The van der Waals surface area contributed by atoms with Gasteiger partial charge in [-0.05, 0) is 49.7 Å². The molecule has 23 heavy (non-hydrogen) atoms. The highest BCUT2D eigenvalue weighted by atomic mass is 32.2. The van der Waals surface area contributed by atoms with Gasteiger partial charge in [0.2, 0.25) is 0 Å². The van der Waals surface area contributed by atoms with Crippen LogP contribution in [0.2, 0.25) is 0 Å². The van der Waals surface area contributed by atoms with Crippen LogP contribution in [0, 0.1) is 0 Å². The molecule has 0 radical (unpaired) electrons. The van der Waals surface area contributed by atoms with Crippen LogP contribution in [0.5, 0.6) is 0 Å². The van der Waals surface area contributed by atoms with Gasteiger partial charge in [0.25, 0.3) is 10.0 Å². The zero-order valence-corrected chi connectivity index (χ0v) is 14.5. The Morgan fingerprint density at radius 2 is 1.61 bits per heavy atom. The number of unbranched alkanes of at least 4 members (excludes halogenated alkanes) is 1. The molecule has 0 unspecified atom stereocenters. The molecule has 2 aromatic rings. The van der Waals surface area contributed by atoms with Gasteiger partial charge >= 0.3 is 0 Å². The molecule has 1 N–H and O–H groups in total. The summed E-state index contributed by atoms with van der Waals surface area (Å²) in [7, 11) is -3.54. The van der Waals surface area contributed by atoms with E-state index in [0.29, 0.717) is 17.1 Å². The van der Waals surface area contributed by atoms with Crippen LogP contribution in [0.25, 0.3) is 0 Å². The number of anilines is 2. The van der Waals surface area contributed by atoms with Crippen molar-refractivity contribution in [2.75, 3.05) is 22.7 Å². The Balaban J connectivity index is 2.21. The van der Waals surface area contributed by atoms with Crippen LogP contribution in [0.3, 0.4) is 0 Å². The van der Waals surface area contributed by atoms with Crippen LogP contribution in [0.4, 0.5) is 11.4 Å². The van der Waals surface area contributed by atoms with Crippen molar-refractivity contribution < 1.29 is 8.42 Å². The Labute approximate surface area is 139 Å². The van der Waals surface area contributed by atoms with E-state index < -0.39 is 10.0 Å². The van der Waals surface area contributed by atoms with E-state index >= 15 is 0 Å². The molecular formula is C18H24N2O2S. The molecule has 2 rings (SSSR count). The van der Waals surface area contributed by atoms with Crippen LogP contribution < -0.4 is 9.62 Å². The first kappa shape index (κ1) is 17.3. The fraction of sp³-hybridized carbons (Fsp3) is 0.333. The minimum absolute atomic E-state index is 0.309. The van der Waals surface area contributed by atoms with Crippen molar-refractivity contribution in [1.29, 1.82) is 0 Å². The molecule has 0 spiro atoms. The molecule has 0 saturated carbocycles. The number of hydrogen-bond acceptors (Lipinski definition) is 3. The summed E-state index contributed by atoms with van der Waals surface area (Å²) < 4.78 is 27.1. The highest BCUT2D eigenvalue weighted by Crippen LogP contribution is 2.24. The Bertz CT molecular complexity index is 698. The Kier molecular flexibility index (Phi) is 6.04. The van der Waals surface area contributed by atoms with Crippen LogP contribution in [0.15, 0.2) is 59.5 Å². The summed E-state index contributed by atoms with van der Waals surface area (Å²) in [6, 6.07) is 16.1. The highest BCUT2D eigenvalue weighted by molar-refractivity contribution is 7.92. The molecular weight excluding hydrogens is 308 g/mol. The van der Waals surface area contributed by atoms with Crippen molar-refractivity contribution in [3.05, 3.63) is 54.6 Å². The molecule has 2 aromatic carbocycles. The third kappa shape index (κ3) is 4.26. The minimum Gasteiger partial charge on any atom is -0.385 e. The summed E-state index contributed by atoms with van der Waals surface area (Å²) in [6.07, 6.45) is 2.22. The van der Waals surface area contributed by atoms with Crippen molar-refractivity contribution in [2.24, 2.45) is 0 Å². The van der Waals surface area contributed by atoms with Crippen molar-refractivity contribution in [3.8, 4) is 0 Å². The van der Waals surface area contributed by atoms with E-state index in [1.807, 2.05) is 49.4 Å². The number of benzene rings is 2. The standard InChI is InChI=1S/C18H24N2O2S/c1-3-5-15-19-16-11-13-18(14-12-16)23(21,22)20(4-2)17-9-7-6-8-10-17/h6-14,19H,3-5,15H2,1-2H3. The normalized spacial score (nSPS) is 11.2. The van der Waals surface area contributed by atoms with Gasteiger partial charge in [-0.15, -0.1) is 0 Å². The lowest BCUT2D eigenvalue weighted by molar-refractivity contribution is 0.592. The summed E-state index contributed by atoms with van der Waals surface area (Å²) in [5.74, 6) is 0. The first-order valence-electron chi connectivity index (χ1n) is 8.01. The molecule has 0 aromatic heterocycles. The SMILES string of the molecule is CCCCNc1ccc(S(=O)(=O)N(CC)c2ccccc2)cc1. The lowest BCUT2D eigenvalue weighted by atomic mass is 10.3. The summed E-state index contributed by atoms with van der Waals surface area (Å²) in [5, 5.41) is 3.29. The molecule has 5 heteroatoms. The highest BCUT2D eigenvalue weighted by Gasteiger charge is 2.23. The largest absolute Gasteiger partial charge is 0.385 e. The van der Waals surface area contributed by atoms with Gasteiger partial charge in [-0.25, -0.2) is 8.42 Å². The van der Waals surface area contributed by atoms with Crippen molar-refractivity contribution in [3.63, 3.8) is 0 Å². The maximum absolute atomic E-state index is 12.8. The van der Waals surface area contributed by atoms with Crippen molar-refractivity contribution in [1.82, 2.24) is 0 Å². The van der Waals surface area contributed by atoms with Crippen LogP contribution in [-0.4, -0.2) is 21.5 Å². The van der Waals surface area contributed by atoms with Crippen LogP contribution >= 0.6 is 0 Å². The number of sulfonamides is 1. The fourth-order valence-electron chi connectivity index (χ4n) is 2.37. The second-order valence-electron chi connectivity index (χ2n) is 5.31. The number of para-hydroxylation sites is 1. The maximum Gasteiger partial charge on any atom is 0.264 e. The van der Waals surface area contributed by atoms with Gasteiger partial charge in [0.05, 0.1) is 10.6 Å². The second-order valence-corrected chi connectivity index (χ2v) is 7.17. The van der Waals surface area contributed by atoms with E-state index in [2.05, 4.69) is 12.2 Å². The molecule has 0 aliphatic heterocycles. The Morgan fingerprint density at radius 1 is 0.957 bits per heavy atom. The average molecular weight is 332 g/mol. The topological polar surface area (TPSA) is 49.4 Å². The van der Waals surface area contributed by atoms with Gasteiger partial charge in [-0.3, -0.25) is 4.31 Å². The smallest absolute Gasteiger partial charge is 0.264 e. The van der Waals surface area contributed by atoms with Crippen LogP contribution in [-0.2, 0) is 10.0 Å². The third-order valence-corrected chi connectivity index (χ3v) is 5.55. The van der Waals surface area contributed by atoms with Gasteiger partial charge in [0.15, 0.2) is 0 Å². The molecule has 0 saturated heterocycles.